The first-order valence-corrected chi connectivity index (χ1v) is 9.83. The summed E-state index contributed by atoms with van der Waals surface area (Å²) in [5, 5.41) is 0. The molecular weight excluding hydrogens is 264 g/mol. The van der Waals surface area contributed by atoms with Gasteiger partial charge in [-0.15, -0.1) is 0 Å². The molecule has 0 aromatic carbocycles. The molecule has 0 radical (unpaired) electrons. The van der Waals surface area contributed by atoms with E-state index in [1.54, 1.807) is 0 Å². The van der Waals surface area contributed by atoms with Crippen LogP contribution < -0.4 is 0 Å². The molecule has 0 aliphatic rings. The summed E-state index contributed by atoms with van der Waals surface area (Å²) in [6, 6.07) is 0.948. The summed E-state index contributed by atoms with van der Waals surface area (Å²) < 4.78 is 17.5. The van der Waals surface area contributed by atoms with Crippen molar-refractivity contribution in [3.8, 4) is 0 Å². The van der Waals surface area contributed by atoms with E-state index >= 15 is 0 Å². The fraction of sp³-hybridized carbons (Fsp3) is 1.00. The first-order chi connectivity index (χ1) is 8.74. The predicted molar refractivity (Wildman–Crippen MR) is 82.4 cm³/mol. The van der Waals surface area contributed by atoms with E-state index in [0.29, 0.717) is 19.8 Å². The van der Waals surface area contributed by atoms with Crippen molar-refractivity contribution >= 4 is 21.4 Å². The van der Waals surface area contributed by atoms with Gasteiger partial charge in [-0.1, -0.05) is 19.3 Å². The Morgan fingerprint density at radius 1 is 0.722 bits per heavy atom. The van der Waals surface area contributed by atoms with Crippen LogP contribution in [0.15, 0.2) is 0 Å². The highest BCUT2D eigenvalue weighted by atomic mass is 32.1. The Morgan fingerprint density at radius 2 is 1.17 bits per heavy atom. The van der Waals surface area contributed by atoms with Crippen LogP contribution in [-0.4, -0.2) is 34.4 Å². The minimum Gasteiger partial charge on any atom is -0.374 e. The maximum Gasteiger partial charge on any atom is 0.500 e. The van der Waals surface area contributed by atoms with E-state index in [1.807, 2.05) is 20.8 Å². The van der Waals surface area contributed by atoms with Gasteiger partial charge in [0.15, 0.2) is 0 Å². The van der Waals surface area contributed by atoms with Crippen LogP contribution in [0.1, 0.15) is 52.9 Å². The predicted octanol–water partition coefficient (Wildman–Crippen LogP) is 3.92. The lowest BCUT2D eigenvalue weighted by Gasteiger charge is -2.28. The SMILES string of the molecule is CCO[Si](CCCCCCCS)(OCC)OCC. The van der Waals surface area contributed by atoms with Gasteiger partial charge in [0.1, 0.15) is 0 Å². The average molecular weight is 295 g/mol. The van der Waals surface area contributed by atoms with Crippen LogP contribution in [-0.2, 0) is 13.3 Å². The lowest BCUT2D eigenvalue weighted by molar-refractivity contribution is 0.0706. The zero-order chi connectivity index (χ0) is 13.7. The van der Waals surface area contributed by atoms with Gasteiger partial charge in [0.2, 0.25) is 0 Å². The van der Waals surface area contributed by atoms with Gasteiger partial charge < -0.3 is 13.3 Å². The quantitative estimate of drug-likeness (QED) is 0.317. The summed E-state index contributed by atoms with van der Waals surface area (Å²) in [7, 11) is -2.38. The third-order valence-corrected chi connectivity index (χ3v) is 6.20. The van der Waals surface area contributed by atoms with Gasteiger partial charge in [0.25, 0.3) is 0 Å². The molecule has 0 aromatic rings. The van der Waals surface area contributed by atoms with Crippen LogP contribution in [0.25, 0.3) is 0 Å². The number of rotatable bonds is 13. The average Bonchev–Trinajstić information content (AvgIpc) is 2.35. The Bertz CT molecular complexity index is 165. The summed E-state index contributed by atoms with van der Waals surface area (Å²) in [5.74, 6) is 0.996. The van der Waals surface area contributed by atoms with Crippen molar-refractivity contribution in [3.05, 3.63) is 0 Å². The lowest BCUT2D eigenvalue weighted by atomic mass is 10.2. The fourth-order valence-corrected chi connectivity index (χ4v) is 4.89. The fourth-order valence-electron chi connectivity index (χ4n) is 1.98. The molecule has 0 saturated carbocycles. The topological polar surface area (TPSA) is 27.7 Å². The molecule has 0 rings (SSSR count). The van der Waals surface area contributed by atoms with Crippen molar-refractivity contribution in [3.63, 3.8) is 0 Å². The number of thiol groups is 1. The first kappa shape index (κ1) is 18.4. The molecule has 0 unspecified atom stereocenters. The van der Waals surface area contributed by atoms with Gasteiger partial charge in [-0.05, 0) is 39.4 Å². The van der Waals surface area contributed by atoms with Crippen molar-refractivity contribution in [1.82, 2.24) is 0 Å². The molecule has 0 amide bonds. The van der Waals surface area contributed by atoms with Crippen LogP contribution in [0.3, 0.4) is 0 Å². The largest absolute Gasteiger partial charge is 0.500 e. The highest BCUT2D eigenvalue weighted by Gasteiger charge is 2.39. The van der Waals surface area contributed by atoms with Crippen molar-refractivity contribution in [1.29, 1.82) is 0 Å². The molecule has 0 fully saturated rings. The zero-order valence-corrected chi connectivity index (χ0v) is 14.1. The Labute approximate surface area is 119 Å². The summed E-state index contributed by atoms with van der Waals surface area (Å²) in [5.41, 5.74) is 0. The molecule has 0 spiro atoms. The molecule has 0 aliphatic heterocycles. The van der Waals surface area contributed by atoms with E-state index in [0.717, 1.165) is 18.2 Å². The first-order valence-electron chi connectivity index (χ1n) is 7.27. The molecule has 5 heteroatoms. The normalized spacial score (nSPS) is 12.0. The highest BCUT2D eigenvalue weighted by Crippen LogP contribution is 2.20. The summed E-state index contributed by atoms with van der Waals surface area (Å²) >= 11 is 4.22. The van der Waals surface area contributed by atoms with E-state index in [-0.39, 0.29) is 0 Å². The van der Waals surface area contributed by atoms with Gasteiger partial charge in [-0.2, -0.15) is 12.6 Å². The second kappa shape index (κ2) is 12.5. The second-order valence-electron chi connectivity index (χ2n) is 4.22. The number of unbranched alkanes of at least 4 members (excludes halogenated alkanes) is 4. The van der Waals surface area contributed by atoms with Crippen LogP contribution in [0.5, 0.6) is 0 Å². The Hall–Kier alpha value is 0.447. The van der Waals surface area contributed by atoms with Crippen LogP contribution in [0, 0.1) is 0 Å². The molecule has 110 valence electrons. The van der Waals surface area contributed by atoms with Crippen molar-refractivity contribution < 1.29 is 13.3 Å². The van der Waals surface area contributed by atoms with Gasteiger partial charge in [-0.3, -0.25) is 0 Å². The zero-order valence-electron chi connectivity index (χ0n) is 12.2. The second-order valence-corrected chi connectivity index (χ2v) is 7.40. The maximum atomic E-state index is 5.82. The van der Waals surface area contributed by atoms with Gasteiger partial charge in [-0.25, -0.2) is 0 Å². The molecule has 0 aliphatic carbocycles. The van der Waals surface area contributed by atoms with E-state index in [9.17, 15) is 0 Å². The minimum absolute atomic E-state index is 0.672. The third-order valence-electron chi connectivity index (χ3n) is 2.73. The van der Waals surface area contributed by atoms with Crippen LogP contribution in [0.4, 0.5) is 0 Å². The number of hydrogen-bond donors (Lipinski definition) is 1. The number of hydrogen-bond acceptors (Lipinski definition) is 4. The van der Waals surface area contributed by atoms with Crippen molar-refractivity contribution in [2.75, 3.05) is 25.6 Å². The molecule has 0 saturated heterocycles. The Kier molecular flexibility index (Phi) is 12.8. The van der Waals surface area contributed by atoms with E-state index in [1.165, 1.54) is 25.7 Å². The minimum atomic E-state index is -2.38. The summed E-state index contributed by atoms with van der Waals surface area (Å²) in [4.78, 5) is 0. The molecule has 0 atom stereocenters. The van der Waals surface area contributed by atoms with E-state index in [2.05, 4.69) is 12.6 Å². The van der Waals surface area contributed by atoms with Crippen LogP contribution >= 0.6 is 12.6 Å². The molecule has 3 nitrogen and oxygen atoms in total. The van der Waals surface area contributed by atoms with Crippen LogP contribution in [0.2, 0.25) is 6.04 Å². The highest BCUT2D eigenvalue weighted by molar-refractivity contribution is 7.80. The molecule has 18 heavy (non-hydrogen) atoms. The standard InChI is InChI=1S/C13H30O3SSi/c1-4-14-18(15-5-2,16-6-3)13-11-9-7-8-10-12-17/h17H,4-13H2,1-3H3. The summed E-state index contributed by atoms with van der Waals surface area (Å²) in [6.07, 6.45) is 6.13. The third kappa shape index (κ3) is 8.53. The molecule has 0 aromatic heterocycles. The van der Waals surface area contributed by atoms with E-state index in [4.69, 9.17) is 13.3 Å². The molecule has 0 heterocycles. The maximum absolute atomic E-state index is 5.82. The molecular formula is C13H30O3SSi. The Balaban J connectivity index is 3.97. The van der Waals surface area contributed by atoms with Gasteiger partial charge >= 0.3 is 8.80 Å². The summed E-state index contributed by atoms with van der Waals surface area (Å²) in [6.45, 7) is 8.04. The van der Waals surface area contributed by atoms with E-state index < -0.39 is 8.80 Å². The molecule has 0 bridgehead atoms. The monoisotopic (exact) mass is 294 g/mol. The van der Waals surface area contributed by atoms with Crippen molar-refractivity contribution in [2.45, 2.75) is 58.9 Å². The lowest BCUT2D eigenvalue weighted by Crippen LogP contribution is -2.45. The van der Waals surface area contributed by atoms with Gasteiger partial charge in [0, 0.05) is 25.9 Å². The smallest absolute Gasteiger partial charge is 0.374 e. The Morgan fingerprint density at radius 3 is 1.61 bits per heavy atom. The molecule has 0 N–H and O–H groups in total. The van der Waals surface area contributed by atoms with Gasteiger partial charge in [0.05, 0.1) is 0 Å². The van der Waals surface area contributed by atoms with Crippen molar-refractivity contribution in [2.24, 2.45) is 0 Å².